The molecule has 0 aliphatic heterocycles. The van der Waals surface area contributed by atoms with E-state index in [2.05, 4.69) is 0 Å². The van der Waals surface area contributed by atoms with E-state index in [-0.39, 0.29) is 11.3 Å². The fourth-order valence-corrected chi connectivity index (χ4v) is 2.19. The van der Waals surface area contributed by atoms with Crippen molar-refractivity contribution >= 4 is 27.7 Å². The molecule has 0 amide bonds. The fourth-order valence-electron chi connectivity index (χ4n) is 1.26. The summed E-state index contributed by atoms with van der Waals surface area (Å²) in [5.74, 6) is -0.0819. The molecule has 0 spiro atoms. The van der Waals surface area contributed by atoms with Gasteiger partial charge in [0, 0.05) is 21.0 Å². The number of aldehydes is 1. The number of thiophene rings is 1. The second-order valence-corrected chi connectivity index (χ2v) is 3.70. The Labute approximate surface area is 83.8 Å². The molecule has 2 rings (SSSR count). The molecule has 0 atom stereocenters. The van der Waals surface area contributed by atoms with Gasteiger partial charge in [0.2, 0.25) is 0 Å². The van der Waals surface area contributed by atoms with Crippen LogP contribution in [0.2, 0.25) is 0 Å². The second-order valence-electron chi connectivity index (χ2n) is 2.79. The molecule has 2 aromatic rings. The Hall–Kier alpha value is -1.86. The first kappa shape index (κ1) is 8.73. The number of phenols is 1. The molecule has 0 aliphatic rings. The predicted molar refractivity (Wildman–Crippen MR) is 53.6 cm³/mol. The predicted octanol–water partition coefficient (Wildman–Crippen LogP) is 2.29. The molecule has 0 aliphatic carbocycles. The van der Waals surface area contributed by atoms with Crippen LogP contribution in [-0.2, 0) is 0 Å². The maximum Gasteiger partial charge on any atom is 0.151 e. The number of fused-ring (bicyclic) bond motifs is 1. The summed E-state index contributed by atoms with van der Waals surface area (Å²) in [6.45, 7) is 0. The molecule has 1 aromatic carbocycles. The number of nitrogens with zero attached hydrogens (tertiary/aromatic N) is 1. The fraction of sp³-hybridized carbons (Fsp3) is 0. The van der Waals surface area contributed by atoms with Gasteiger partial charge < -0.3 is 5.11 Å². The standard InChI is InChI=1S/C10H5NO2S/c11-3-6-1-10-8(2-9(6)13)7(4-12)5-14-10/h1-2,4-5,13H. The number of hydrogen-bond donors (Lipinski definition) is 1. The zero-order valence-corrected chi connectivity index (χ0v) is 7.84. The Morgan fingerprint density at radius 2 is 2.29 bits per heavy atom. The van der Waals surface area contributed by atoms with E-state index >= 15 is 0 Å². The summed E-state index contributed by atoms with van der Waals surface area (Å²) in [4.78, 5) is 10.6. The molecule has 0 unspecified atom stereocenters. The summed E-state index contributed by atoms with van der Waals surface area (Å²) in [6.07, 6.45) is 0.740. The summed E-state index contributed by atoms with van der Waals surface area (Å²) in [7, 11) is 0. The lowest BCUT2D eigenvalue weighted by Gasteiger charge is -1.96. The van der Waals surface area contributed by atoms with E-state index in [1.807, 2.05) is 6.07 Å². The van der Waals surface area contributed by atoms with Crippen LogP contribution in [0, 0.1) is 11.3 Å². The number of carbonyl (C=O) groups is 1. The summed E-state index contributed by atoms with van der Waals surface area (Å²) in [6, 6.07) is 4.92. The lowest BCUT2D eigenvalue weighted by molar-refractivity contribution is 0.112. The van der Waals surface area contributed by atoms with Crippen LogP contribution in [0.15, 0.2) is 17.5 Å². The minimum atomic E-state index is -0.0819. The monoisotopic (exact) mass is 203 g/mol. The van der Waals surface area contributed by atoms with Crippen LogP contribution in [0.4, 0.5) is 0 Å². The normalized spacial score (nSPS) is 9.93. The third-order valence-electron chi connectivity index (χ3n) is 1.97. The molecule has 14 heavy (non-hydrogen) atoms. The maximum atomic E-state index is 10.6. The Balaban J connectivity index is 2.83. The van der Waals surface area contributed by atoms with Crippen molar-refractivity contribution in [3.8, 4) is 11.8 Å². The van der Waals surface area contributed by atoms with Crippen molar-refractivity contribution in [3.63, 3.8) is 0 Å². The van der Waals surface area contributed by atoms with Gasteiger partial charge in [0.15, 0.2) is 6.29 Å². The third-order valence-corrected chi connectivity index (χ3v) is 2.93. The summed E-state index contributed by atoms with van der Waals surface area (Å²) < 4.78 is 0.835. The molecule has 0 fully saturated rings. The Kier molecular flexibility index (Phi) is 1.95. The van der Waals surface area contributed by atoms with E-state index in [0.717, 1.165) is 11.0 Å². The van der Waals surface area contributed by atoms with Gasteiger partial charge in [-0.05, 0) is 12.1 Å². The van der Waals surface area contributed by atoms with E-state index < -0.39 is 0 Å². The molecule has 0 bridgehead atoms. The van der Waals surface area contributed by atoms with Gasteiger partial charge >= 0.3 is 0 Å². The van der Waals surface area contributed by atoms with Gasteiger partial charge in [-0.1, -0.05) is 0 Å². The van der Waals surface area contributed by atoms with Gasteiger partial charge in [0.05, 0.1) is 5.56 Å². The van der Waals surface area contributed by atoms with Crippen molar-refractivity contribution < 1.29 is 9.90 Å². The summed E-state index contributed by atoms with van der Waals surface area (Å²) >= 11 is 1.38. The highest BCUT2D eigenvalue weighted by Crippen LogP contribution is 2.30. The first-order valence-electron chi connectivity index (χ1n) is 3.85. The molecule has 1 aromatic heterocycles. The van der Waals surface area contributed by atoms with E-state index in [9.17, 15) is 9.90 Å². The number of hydrogen-bond acceptors (Lipinski definition) is 4. The zero-order chi connectivity index (χ0) is 10.1. The number of benzene rings is 1. The van der Waals surface area contributed by atoms with Crippen molar-refractivity contribution in [1.29, 1.82) is 5.26 Å². The van der Waals surface area contributed by atoms with Gasteiger partial charge in [0.1, 0.15) is 11.8 Å². The number of phenolic OH excluding ortho intramolecular Hbond substituents is 1. The van der Waals surface area contributed by atoms with E-state index in [4.69, 9.17) is 5.26 Å². The zero-order valence-electron chi connectivity index (χ0n) is 7.02. The quantitative estimate of drug-likeness (QED) is 0.723. The lowest BCUT2D eigenvalue weighted by atomic mass is 10.1. The summed E-state index contributed by atoms with van der Waals surface area (Å²) in [5.41, 5.74) is 0.779. The molecule has 1 heterocycles. The minimum Gasteiger partial charge on any atom is -0.507 e. The van der Waals surface area contributed by atoms with Crippen LogP contribution in [0.1, 0.15) is 15.9 Å². The third kappa shape index (κ3) is 1.15. The van der Waals surface area contributed by atoms with E-state index in [1.54, 1.807) is 11.4 Å². The van der Waals surface area contributed by atoms with Gasteiger partial charge in [-0.15, -0.1) is 11.3 Å². The smallest absolute Gasteiger partial charge is 0.151 e. The molecular formula is C10H5NO2S. The molecule has 0 saturated carbocycles. The maximum absolute atomic E-state index is 10.6. The second kappa shape index (κ2) is 3.13. The lowest BCUT2D eigenvalue weighted by Crippen LogP contribution is -1.78. The van der Waals surface area contributed by atoms with E-state index in [1.165, 1.54) is 17.4 Å². The molecule has 68 valence electrons. The highest BCUT2D eigenvalue weighted by Gasteiger charge is 2.07. The van der Waals surface area contributed by atoms with Crippen molar-refractivity contribution in [1.82, 2.24) is 0 Å². The van der Waals surface area contributed by atoms with Crippen LogP contribution >= 0.6 is 11.3 Å². The highest BCUT2D eigenvalue weighted by atomic mass is 32.1. The van der Waals surface area contributed by atoms with E-state index in [0.29, 0.717) is 10.9 Å². The van der Waals surface area contributed by atoms with Crippen LogP contribution in [-0.4, -0.2) is 11.4 Å². The summed E-state index contributed by atoms with van der Waals surface area (Å²) in [5, 5.41) is 20.5. The average molecular weight is 203 g/mol. The molecule has 0 saturated heterocycles. The molecule has 0 radical (unpaired) electrons. The number of carbonyl (C=O) groups excluding carboxylic acids is 1. The number of rotatable bonds is 1. The Bertz CT molecular complexity index is 551. The number of nitriles is 1. The first-order valence-corrected chi connectivity index (χ1v) is 4.73. The van der Waals surface area contributed by atoms with Gasteiger partial charge in [-0.25, -0.2) is 0 Å². The average Bonchev–Trinajstić information content (AvgIpc) is 2.58. The molecule has 4 heteroatoms. The number of aromatic hydroxyl groups is 1. The van der Waals surface area contributed by atoms with Gasteiger partial charge in [-0.3, -0.25) is 4.79 Å². The topological polar surface area (TPSA) is 61.1 Å². The van der Waals surface area contributed by atoms with Crippen LogP contribution in [0.25, 0.3) is 10.1 Å². The Morgan fingerprint density at radius 3 is 2.93 bits per heavy atom. The molecule has 1 N–H and O–H groups in total. The van der Waals surface area contributed by atoms with Crippen LogP contribution < -0.4 is 0 Å². The van der Waals surface area contributed by atoms with Crippen LogP contribution in [0.5, 0.6) is 5.75 Å². The van der Waals surface area contributed by atoms with Crippen molar-refractivity contribution in [2.24, 2.45) is 0 Å². The van der Waals surface area contributed by atoms with Gasteiger partial charge in [-0.2, -0.15) is 5.26 Å². The highest BCUT2D eigenvalue weighted by molar-refractivity contribution is 7.17. The van der Waals surface area contributed by atoms with Crippen molar-refractivity contribution in [2.75, 3.05) is 0 Å². The van der Waals surface area contributed by atoms with Crippen molar-refractivity contribution in [2.45, 2.75) is 0 Å². The molecule has 3 nitrogen and oxygen atoms in total. The van der Waals surface area contributed by atoms with Gasteiger partial charge in [0.25, 0.3) is 0 Å². The largest absolute Gasteiger partial charge is 0.507 e. The first-order chi connectivity index (χ1) is 6.76. The molecular weight excluding hydrogens is 198 g/mol. The Morgan fingerprint density at radius 1 is 1.50 bits per heavy atom. The van der Waals surface area contributed by atoms with Crippen LogP contribution in [0.3, 0.4) is 0 Å². The SMILES string of the molecule is N#Cc1cc2scc(C=O)c2cc1O. The minimum absolute atomic E-state index is 0.0819. The van der Waals surface area contributed by atoms with Crippen molar-refractivity contribution in [3.05, 3.63) is 28.6 Å².